The van der Waals surface area contributed by atoms with Gasteiger partial charge in [0, 0.05) is 19.1 Å². The van der Waals surface area contributed by atoms with Crippen LogP contribution in [0.25, 0.3) is 5.65 Å². The Labute approximate surface area is 117 Å². The van der Waals surface area contributed by atoms with E-state index in [1.165, 1.54) is 10.7 Å². The van der Waals surface area contributed by atoms with Gasteiger partial charge >= 0.3 is 0 Å². The molecule has 1 atom stereocenters. The summed E-state index contributed by atoms with van der Waals surface area (Å²) in [6.45, 7) is 1.90. The number of carbonyl (C=O) groups is 1. The molecular weight excluding hydrogens is 256 g/mol. The predicted molar refractivity (Wildman–Crippen MR) is 75.8 cm³/mol. The molecule has 2 aromatic heterocycles. The molecule has 0 bridgehead atoms. The van der Waals surface area contributed by atoms with Crippen molar-refractivity contribution in [2.24, 2.45) is 5.73 Å². The van der Waals surface area contributed by atoms with Crippen molar-refractivity contribution >= 4 is 17.4 Å². The summed E-state index contributed by atoms with van der Waals surface area (Å²) in [7, 11) is 4.18. The number of likely N-dealkylation sites (N-methyl/N-ethyl adjacent to an activating group) is 1. The van der Waals surface area contributed by atoms with E-state index in [1.54, 1.807) is 0 Å². The molecule has 2 aromatic rings. The molecule has 7 nitrogen and oxygen atoms in total. The average molecular weight is 274 g/mol. The first-order chi connectivity index (χ1) is 9.56. The van der Waals surface area contributed by atoms with E-state index in [1.807, 2.05) is 12.1 Å². The zero-order chi connectivity index (χ0) is 14.3. The van der Waals surface area contributed by atoms with Gasteiger partial charge in [0.15, 0.2) is 5.65 Å². The van der Waals surface area contributed by atoms with E-state index in [0.29, 0.717) is 17.4 Å². The summed E-state index contributed by atoms with van der Waals surface area (Å²) in [5.41, 5.74) is 6.27. The molecule has 0 aliphatic carbocycles. The summed E-state index contributed by atoms with van der Waals surface area (Å²) in [5, 5.41) is 4.49. The number of nitrogens with zero attached hydrogens (tertiary/aromatic N) is 5. The Bertz CT molecular complexity index is 649. The molecule has 0 unspecified atom stereocenters. The number of hydrogen-bond donors (Lipinski definition) is 1. The van der Waals surface area contributed by atoms with Crippen molar-refractivity contribution in [2.45, 2.75) is 12.5 Å². The van der Waals surface area contributed by atoms with Crippen LogP contribution in [0.2, 0.25) is 0 Å². The number of primary amides is 1. The van der Waals surface area contributed by atoms with Gasteiger partial charge in [-0.15, -0.1) is 5.10 Å². The third-order valence-corrected chi connectivity index (χ3v) is 3.82. The second-order valence-corrected chi connectivity index (χ2v) is 5.32. The van der Waals surface area contributed by atoms with Crippen molar-refractivity contribution < 1.29 is 4.79 Å². The van der Waals surface area contributed by atoms with Crippen molar-refractivity contribution in [3.8, 4) is 0 Å². The lowest BCUT2D eigenvalue weighted by Crippen LogP contribution is -2.32. The second kappa shape index (κ2) is 4.75. The first kappa shape index (κ1) is 12.9. The monoisotopic (exact) mass is 274 g/mol. The number of fused-ring (bicyclic) bond motifs is 1. The van der Waals surface area contributed by atoms with Crippen LogP contribution in [0.1, 0.15) is 16.9 Å². The van der Waals surface area contributed by atoms with Gasteiger partial charge in [0.2, 0.25) is 0 Å². The fourth-order valence-electron chi connectivity index (χ4n) is 2.57. The molecule has 7 heteroatoms. The Morgan fingerprint density at radius 3 is 2.90 bits per heavy atom. The van der Waals surface area contributed by atoms with Crippen LogP contribution in [-0.4, -0.2) is 58.6 Å². The minimum absolute atomic E-state index is 0.310. The molecule has 0 spiro atoms. The molecule has 3 rings (SSSR count). The zero-order valence-corrected chi connectivity index (χ0v) is 11.7. The normalized spacial score (nSPS) is 19.1. The van der Waals surface area contributed by atoms with Crippen LogP contribution in [0.3, 0.4) is 0 Å². The maximum atomic E-state index is 11.4. The largest absolute Gasteiger partial charge is 0.364 e. The lowest BCUT2D eigenvalue weighted by Gasteiger charge is -2.21. The molecule has 0 saturated carbocycles. The highest BCUT2D eigenvalue weighted by molar-refractivity contribution is 5.91. The highest BCUT2D eigenvalue weighted by atomic mass is 16.1. The van der Waals surface area contributed by atoms with Crippen molar-refractivity contribution in [3.63, 3.8) is 0 Å². The first-order valence-corrected chi connectivity index (χ1v) is 6.62. The minimum atomic E-state index is -0.519. The summed E-state index contributed by atoms with van der Waals surface area (Å²) in [6, 6.07) is 4.33. The number of hydrogen-bond acceptors (Lipinski definition) is 5. The van der Waals surface area contributed by atoms with Crippen LogP contribution in [0.4, 0.5) is 5.82 Å². The van der Waals surface area contributed by atoms with Gasteiger partial charge in [-0.3, -0.25) is 4.79 Å². The third kappa shape index (κ3) is 2.09. The quantitative estimate of drug-likeness (QED) is 0.850. The molecule has 1 saturated heterocycles. The Kier molecular flexibility index (Phi) is 3.06. The highest BCUT2D eigenvalue weighted by Crippen LogP contribution is 2.20. The Morgan fingerprint density at radius 1 is 1.45 bits per heavy atom. The predicted octanol–water partition coefficient (Wildman–Crippen LogP) is -0.0315. The molecule has 0 radical (unpaired) electrons. The van der Waals surface area contributed by atoms with Gasteiger partial charge in [-0.1, -0.05) is 0 Å². The van der Waals surface area contributed by atoms with E-state index in [9.17, 15) is 4.79 Å². The number of aromatic nitrogens is 3. The molecular formula is C13H18N6O. The number of imidazole rings is 1. The van der Waals surface area contributed by atoms with Gasteiger partial charge in [0.1, 0.15) is 11.5 Å². The average Bonchev–Trinajstić information content (AvgIpc) is 3.04. The number of amides is 1. The highest BCUT2D eigenvalue weighted by Gasteiger charge is 2.25. The summed E-state index contributed by atoms with van der Waals surface area (Å²) in [5.74, 6) is 0.331. The van der Waals surface area contributed by atoms with E-state index in [4.69, 9.17) is 5.73 Å². The maximum Gasteiger partial charge on any atom is 0.269 e. The Balaban J connectivity index is 1.93. The molecule has 1 fully saturated rings. The van der Waals surface area contributed by atoms with Gasteiger partial charge in [0.25, 0.3) is 5.91 Å². The molecule has 20 heavy (non-hydrogen) atoms. The second-order valence-electron chi connectivity index (χ2n) is 5.32. The molecule has 0 aromatic carbocycles. The van der Waals surface area contributed by atoms with E-state index in [0.717, 1.165) is 25.3 Å². The fourth-order valence-corrected chi connectivity index (χ4v) is 2.57. The Hall–Kier alpha value is -2.15. The maximum absolute atomic E-state index is 11.4. The molecule has 1 aliphatic heterocycles. The van der Waals surface area contributed by atoms with Crippen LogP contribution in [0.5, 0.6) is 0 Å². The molecule has 2 N–H and O–H groups in total. The fraction of sp³-hybridized carbons (Fsp3) is 0.462. The van der Waals surface area contributed by atoms with E-state index in [-0.39, 0.29) is 0 Å². The van der Waals surface area contributed by atoms with Crippen molar-refractivity contribution in [1.82, 2.24) is 19.5 Å². The number of carbonyl (C=O) groups excluding carboxylic acids is 1. The topological polar surface area (TPSA) is 79.8 Å². The number of nitrogens with two attached hydrogens (primary N) is 1. The van der Waals surface area contributed by atoms with Gasteiger partial charge in [-0.05, 0) is 32.6 Å². The lowest BCUT2D eigenvalue weighted by atomic mass is 10.2. The van der Waals surface area contributed by atoms with Crippen molar-refractivity contribution in [3.05, 3.63) is 24.0 Å². The summed E-state index contributed by atoms with van der Waals surface area (Å²) in [6.07, 6.45) is 2.57. The van der Waals surface area contributed by atoms with E-state index >= 15 is 0 Å². The van der Waals surface area contributed by atoms with Crippen LogP contribution in [-0.2, 0) is 0 Å². The van der Waals surface area contributed by atoms with Crippen LogP contribution in [0, 0.1) is 0 Å². The van der Waals surface area contributed by atoms with Crippen molar-refractivity contribution in [2.75, 3.05) is 32.1 Å². The van der Waals surface area contributed by atoms with Gasteiger partial charge in [-0.25, -0.2) is 9.50 Å². The minimum Gasteiger partial charge on any atom is -0.364 e. The molecule has 1 aliphatic rings. The smallest absolute Gasteiger partial charge is 0.269 e. The van der Waals surface area contributed by atoms with Gasteiger partial charge in [0.05, 0.1) is 6.20 Å². The van der Waals surface area contributed by atoms with Crippen LogP contribution < -0.4 is 10.6 Å². The molecule has 1 amide bonds. The Morgan fingerprint density at radius 2 is 2.25 bits per heavy atom. The third-order valence-electron chi connectivity index (χ3n) is 3.82. The van der Waals surface area contributed by atoms with Gasteiger partial charge in [-0.2, -0.15) is 0 Å². The summed E-state index contributed by atoms with van der Waals surface area (Å²) in [4.78, 5) is 19.9. The standard InChI is InChI=1S/C13H18N6O/c1-17(2)9-5-6-18(8-9)12-4-3-11-15-7-10(13(14)20)19(11)16-12/h3-4,7,9H,5-6,8H2,1-2H3,(H2,14,20)/t9-/m1/s1. The molecule has 3 heterocycles. The first-order valence-electron chi connectivity index (χ1n) is 6.62. The number of anilines is 1. The SMILES string of the molecule is CN(C)[C@@H]1CCN(c2ccc3ncc(C(N)=O)n3n2)C1. The van der Waals surface area contributed by atoms with E-state index in [2.05, 4.69) is 34.0 Å². The summed E-state index contributed by atoms with van der Waals surface area (Å²) < 4.78 is 1.51. The lowest BCUT2D eigenvalue weighted by molar-refractivity contribution is 0.0993. The van der Waals surface area contributed by atoms with Gasteiger partial charge < -0.3 is 15.5 Å². The van der Waals surface area contributed by atoms with Crippen LogP contribution >= 0.6 is 0 Å². The van der Waals surface area contributed by atoms with E-state index < -0.39 is 5.91 Å². The van der Waals surface area contributed by atoms with Crippen LogP contribution in [0.15, 0.2) is 18.3 Å². The molecule has 106 valence electrons. The van der Waals surface area contributed by atoms with Crippen molar-refractivity contribution in [1.29, 1.82) is 0 Å². The summed E-state index contributed by atoms with van der Waals surface area (Å²) >= 11 is 0. The zero-order valence-electron chi connectivity index (χ0n) is 11.7. The number of rotatable bonds is 3.